The van der Waals surface area contributed by atoms with Gasteiger partial charge in [-0.1, -0.05) is 12.8 Å². The van der Waals surface area contributed by atoms with Crippen molar-refractivity contribution in [3.8, 4) is 0 Å². The number of rotatable bonds is 6. The van der Waals surface area contributed by atoms with E-state index in [2.05, 4.69) is 10.6 Å². The first kappa shape index (κ1) is 12.5. The van der Waals surface area contributed by atoms with Crippen molar-refractivity contribution >= 4 is 5.91 Å². The Morgan fingerprint density at radius 1 is 1.33 bits per heavy atom. The third-order valence-corrected chi connectivity index (χ3v) is 2.46. The van der Waals surface area contributed by atoms with E-state index < -0.39 is 0 Å². The van der Waals surface area contributed by atoms with E-state index in [0.717, 1.165) is 12.5 Å². The summed E-state index contributed by atoms with van der Waals surface area (Å²) in [5, 5.41) is 6.11. The van der Waals surface area contributed by atoms with Crippen molar-refractivity contribution in [2.45, 2.75) is 52.0 Å². The highest BCUT2D eigenvalue weighted by molar-refractivity contribution is 5.78. The average Bonchev–Trinajstić information content (AvgIpc) is 2.83. The fourth-order valence-corrected chi connectivity index (χ4v) is 1.59. The predicted molar refractivity (Wildman–Crippen MR) is 62.7 cm³/mol. The second kappa shape index (κ2) is 5.50. The second-order valence-corrected chi connectivity index (χ2v) is 5.56. The Kier molecular flexibility index (Phi) is 4.58. The molecular formula is C12H24N2O. The van der Waals surface area contributed by atoms with Gasteiger partial charge in [-0.3, -0.25) is 4.79 Å². The Morgan fingerprint density at radius 2 is 2.00 bits per heavy atom. The SMILES string of the molecule is CC(C)(C)NC(=O)CNCCCC1CC1. The topological polar surface area (TPSA) is 41.1 Å². The number of hydrogen-bond acceptors (Lipinski definition) is 2. The monoisotopic (exact) mass is 212 g/mol. The van der Waals surface area contributed by atoms with E-state index in [1.165, 1.54) is 25.7 Å². The molecule has 0 aromatic heterocycles. The van der Waals surface area contributed by atoms with Gasteiger partial charge in [0.1, 0.15) is 0 Å². The van der Waals surface area contributed by atoms with Crippen molar-refractivity contribution in [2.24, 2.45) is 5.92 Å². The molecule has 0 aliphatic heterocycles. The molecule has 1 aliphatic carbocycles. The van der Waals surface area contributed by atoms with Gasteiger partial charge in [0.2, 0.25) is 5.91 Å². The molecule has 0 heterocycles. The number of nitrogens with one attached hydrogen (secondary N) is 2. The maximum Gasteiger partial charge on any atom is 0.234 e. The van der Waals surface area contributed by atoms with Crippen LogP contribution in [-0.4, -0.2) is 24.5 Å². The predicted octanol–water partition coefficient (Wildman–Crippen LogP) is 1.68. The molecule has 1 aliphatic rings. The van der Waals surface area contributed by atoms with Crippen LogP contribution in [0.25, 0.3) is 0 Å². The molecule has 0 spiro atoms. The summed E-state index contributed by atoms with van der Waals surface area (Å²) in [5.74, 6) is 1.09. The van der Waals surface area contributed by atoms with Gasteiger partial charge in [0.15, 0.2) is 0 Å². The summed E-state index contributed by atoms with van der Waals surface area (Å²) in [4.78, 5) is 11.4. The molecule has 1 fully saturated rings. The lowest BCUT2D eigenvalue weighted by Crippen LogP contribution is -2.44. The summed E-state index contributed by atoms with van der Waals surface area (Å²) in [6, 6.07) is 0. The van der Waals surface area contributed by atoms with E-state index in [4.69, 9.17) is 0 Å². The number of carbonyl (C=O) groups is 1. The first-order valence-corrected chi connectivity index (χ1v) is 5.99. The van der Waals surface area contributed by atoms with E-state index in [9.17, 15) is 4.79 Å². The van der Waals surface area contributed by atoms with Gasteiger partial charge in [-0.2, -0.15) is 0 Å². The van der Waals surface area contributed by atoms with Crippen LogP contribution in [0.5, 0.6) is 0 Å². The van der Waals surface area contributed by atoms with Crippen LogP contribution in [0, 0.1) is 5.92 Å². The van der Waals surface area contributed by atoms with Gasteiger partial charge < -0.3 is 10.6 Å². The third-order valence-electron chi connectivity index (χ3n) is 2.46. The quantitative estimate of drug-likeness (QED) is 0.658. The van der Waals surface area contributed by atoms with Crippen molar-refractivity contribution < 1.29 is 4.79 Å². The minimum atomic E-state index is -0.118. The highest BCUT2D eigenvalue weighted by Gasteiger charge is 2.20. The standard InChI is InChI=1S/C12H24N2O/c1-12(2,3)14-11(15)9-13-8-4-5-10-6-7-10/h10,13H,4-9H2,1-3H3,(H,14,15). The molecule has 0 bridgehead atoms. The zero-order valence-electron chi connectivity index (χ0n) is 10.2. The van der Waals surface area contributed by atoms with E-state index in [1.807, 2.05) is 20.8 Å². The summed E-state index contributed by atoms with van der Waals surface area (Å²) in [6.07, 6.45) is 5.37. The lowest BCUT2D eigenvalue weighted by atomic mass is 10.1. The van der Waals surface area contributed by atoms with Crippen molar-refractivity contribution in [1.82, 2.24) is 10.6 Å². The number of amides is 1. The van der Waals surface area contributed by atoms with Crippen LogP contribution >= 0.6 is 0 Å². The Balaban J connectivity index is 1.91. The molecule has 88 valence electrons. The molecule has 3 heteroatoms. The Hall–Kier alpha value is -0.570. The molecule has 0 aromatic rings. The van der Waals surface area contributed by atoms with Gasteiger partial charge in [-0.25, -0.2) is 0 Å². The Labute approximate surface area is 93.0 Å². The van der Waals surface area contributed by atoms with Gasteiger partial charge >= 0.3 is 0 Å². The zero-order valence-corrected chi connectivity index (χ0v) is 10.2. The molecule has 0 saturated heterocycles. The van der Waals surface area contributed by atoms with Gasteiger partial charge in [0.05, 0.1) is 6.54 Å². The molecule has 0 aromatic carbocycles. The molecule has 3 nitrogen and oxygen atoms in total. The molecule has 0 atom stereocenters. The maximum absolute atomic E-state index is 11.4. The maximum atomic E-state index is 11.4. The van der Waals surface area contributed by atoms with Gasteiger partial charge in [0.25, 0.3) is 0 Å². The molecule has 0 radical (unpaired) electrons. The summed E-state index contributed by atoms with van der Waals surface area (Å²) in [7, 11) is 0. The van der Waals surface area contributed by atoms with Crippen molar-refractivity contribution in [1.29, 1.82) is 0 Å². The van der Waals surface area contributed by atoms with Crippen molar-refractivity contribution in [2.75, 3.05) is 13.1 Å². The largest absolute Gasteiger partial charge is 0.350 e. The molecule has 1 saturated carbocycles. The van der Waals surface area contributed by atoms with Crippen molar-refractivity contribution in [3.05, 3.63) is 0 Å². The van der Waals surface area contributed by atoms with Crippen LogP contribution < -0.4 is 10.6 Å². The van der Waals surface area contributed by atoms with Crippen LogP contribution in [0.2, 0.25) is 0 Å². The normalized spacial score (nSPS) is 16.5. The molecular weight excluding hydrogens is 188 g/mol. The molecule has 1 rings (SSSR count). The minimum Gasteiger partial charge on any atom is -0.350 e. The van der Waals surface area contributed by atoms with Gasteiger partial charge in [0, 0.05) is 5.54 Å². The minimum absolute atomic E-state index is 0.0916. The average molecular weight is 212 g/mol. The first-order valence-electron chi connectivity index (χ1n) is 5.99. The van der Waals surface area contributed by atoms with Crippen LogP contribution in [0.3, 0.4) is 0 Å². The van der Waals surface area contributed by atoms with E-state index >= 15 is 0 Å². The van der Waals surface area contributed by atoms with Crippen LogP contribution in [0.4, 0.5) is 0 Å². The molecule has 1 amide bonds. The van der Waals surface area contributed by atoms with Crippen molar-refractivity contribution in [3.63, 3.8) is 0 Å². The molecule has 15 heavy (non-hydrogen) atoms. The highest BCUT2D eigenvalue weighted by Crippen LogP contribution is 2.33. The number of carbonyl (C=O) groups excluding carboxylic acids is 1. The summed E-state index contributed by atoms with van der Waals surface area (Å²) in [5.41, 5.74) is -0.118. The second-order valence-electron chi connectivity index (χ2n) is 5.56. The third kappa shape index (κ3) is 7.37. The fraction of sp³-hybridized carbons (Fsp3) is 0.917. The Bertz CT molecular complexity index is 204. The number of hydrogen-bond donors (Lipinski definition) is 2. The fourth-order valence-electron chi connectivity index (χ4n) is 1.59. The van der Waals surface area contributed by atoms with E-state index in [0.29, 0.717) is 6.54 Å². The van der Waals surface area contributed by atoms with Crippen LogP contribution in [0.15, 0.2) is 0 Å². The summed E-state index contributed by atoms with van der Waals surface area (Å²) in [6.45, 7) is 7.41. The lowest BCUT2D eigenvalue weighted by Gasteiger charge is -2.20. The van der Waals surface area contributed by atoms with Gasteiger partial charge in [-0.05, 0) is 46.1 Å². The summed E-state index contributed by atoms with van der Waals surface area (Å²) < 4.78 is 0. The lowest BCUT2D eigenvalue weighted by molar-refractivity contribution is -0.121. The van der Waals surface area contributed by atoms with E-state index in [1.54, 1.807) is 0 Å². The Morgan fingerprint density at radius 3 is 2.53 bits per heavy atom. The van der Waals surface area contributed by atoms with E-state index in [-0.39, 0.29) is 11.4 Å². The first-order chi connectivity index (χ1) is 6.97. The summed E-state index contributed by atoms with van der Waals surface area (Å²) >= 11 is 0. The molecule has 0 unspecified atom stereocenters. The van der Waals surface area contributed by atoms with Crippen LogP contribution in [0.1, 0.15) is 46.5 Å². The van der Waals surface area contributed by atoms with Gasteiger partial charge in [-0.15, -0.1) is 0 Å². The smallest absolute Gasteiger partial charge is 0.234 e. The zero-order chi connectivity index (χ0) is 11.3. The highest BCUT2D eigenvalue weighted by atomic mass is 16.2. The van der Waals surface area contributed by atoms with Crippen LogP contribution in [-0.2, 0) is 4.79 Å². The molecule has 2 N–H and O–H groups in total.